The Labute approximate surface area is 130 Å². The molecule has 2 atom stereocenters. The summed E-state index contributed by atoms with van der Waals surface area (Å²) in [6, 6.07) is 3.29. The van der Waals surface area contributed by atoms with Crippen LogP contribution in [0.3, 0.4) is 0 Å². The average Bonchev–Trinajstić information content (AvgIpc) is 2.46. The van der Waals surface area contributed by atoms with Crippen LogP contribution in [0.1, 0.15) is 56.0 Å². The third-order valence-corrected chi connectivity index (χ3v) is 5.85. The van der Waals surface area contributed by atoms with Gasteiger partial charge in [0.1, 0.15) is 5.78 Å². The van der Waals surface area contributed by atoms with Crippen LogP contribution in [0.2, 0.25) is 0 Å². The minimum atomic E-state index is -0.508. The molecule has 0 amide bonds. The number of rotatable bonds is 1. The fourth-order valence-electron chi connectivity index (χ4n) is 4.39. The topological polar surface area (TPSA) is 63.6 Å². The number of ether oxygens (including phenoxy) is 1. The van der Waals surface area contributed by atoms with Gasteiger partial charge in [-0.25, -0.2) is 0 Å². The molecule has 4 nitrogen and oxygen atoms in total. The van der Waals surface area contributed by atoms with E-state index < -0.39 is 5.41 Å². The van der Waals surface area contributed by atoms with Crippen molar-refractivity contribution >= 4 is 11.6 Å². The number of methoxy groups -OCH3 is 1. The SMILES string of the molecule is COc1cc2c(cc1O)C(=O)C[C@@H]1C(C)(C)C(=O)CC[C@]21C. The van der Waals surface area contributed by atoms with Gasteiger partial charge in [0.2, 0.25) is 0 Å². The van der Waals surface area contributed by atoms with E-state index in [1.165, 1.54) is 13.2 Å². The molecule has 0 saturated heterocycles. The number of phenolic OH excluding ortho intramolecular Hbond substituents is 1. The molecule has 2 aliphatic rings. The Balaban J connectivity index is 2.23. The van der Waals surface area contributed by atoms with Gasteiger partial charge in [0.05, 0.1) is 7.11 Å². The summed E-state index contributed by atoms with van der Waals surface area (Å²) in [4.78, 5) is 24.9. The summed E-state index contributed by atoms with van der Waals surface area (Å²) in [6.07, 6.45) is 1.61. The van der Waals surface area contributed by atoms with Crippen LogP contribution < -0.4 is 4.74 Å². The van der Waals surface area contributed by atoms with Crippen LogP contribution >= 0.6 is 0 Å². The normalized spacial score (nSPS) is 29.7. The van der Waals surface area contributed by atoms with Crippen molar-refractivity contribution in [2.24, 2.45) is 11.3 Å². The van der Waals surface area contributed by atoms with E-state index in [1.54, 1.807) is 6.07 Å². The molecule has 1 aromatic carbocycles. The van der Waals surface area contributed by atoms with Gasteiger partial charge in [-0.2, -0.15) is 0 Å². The lowest BCUT2D eigenvalue weighted by atomic mass is 9.50. The molecule has 4 heteroatoms. The monoisotopic (exact) mass is 302 g/mol. The molecule has 0 heterocycles. The molecular formula is C18H22O4. The summed E-state index contributed by atoms with van der Waals surface area (Å²) in [5.41, 5.74) is 0.721. The van der Waals surface area contributed by atoms with Gasteiger partial charge in [0, 0.05) is 23.8 Å². The first-order valence-corrected chi connectivity index (χ1v) is 7.70. The summed E-state index contributed by atoms with van der Waals surface area (Å²) in [6.45, 7) is 6.04. The van der Waals surface area contributed by atoms with E-state index in [4.69, 9.17) is 4.74 Å². The maximum absolute atomic E-state index is 12.6. The van der Waals surface area contributed by atoms with Crippen molar-refractivity contribution in [2.75, 3.05) is 7.11 Å². The molecule has 1 aromatic rings. The molecule has 1 fully saturated rings. The quantitative estimate of drug-likeness (QED) is 0.865. The number of ketones is 2. The number of carbonyl (C=O) groups excluding carboxylic acids is 2. The van der Waals surface area contributed by atoms with Crippen LogP contribution in [0.4, 0.5) is 0 Å². The van der Waals surface area contributed by atoms with Crippen LogP contribution in [0.15, 0.2) is 12.1 Å². The zero-order valence-corrected chi connectivity index (χ0v) is 13.5. The molecule has 0 spiro atoms. The smallest absolute Gasteiger partial charge is 0.163 e. The number of Topliss-reactive ketones (excluding diaryl/α,β-unsaturated/α-hetero) is 2. The number of aromatic hydroxyl groups is 1. The van der Waals surface area contributed by atoms with E-state index in [0.717, 1.165) is 12.0 Å². The standard InChI is InChI=1S/C18H22O4/c1-17(2)15-9-12(19)10-7-13(20)14(22-4)8-11(10)18(15,3)6-5-16(17)21/h7-8,15,20H,5-6,9H2,1-4H3/t15-,18-/m1/s1. The summed E-state index contributed by atoms with van der Waals surface area (Å²) < 4.78 is 5.22. The summed E-state index contributed by atoms with van der Waals surface area (Å²) in [7, 11) is 1.50. The summed E-state index contributed by atoms with van der Waals surface area (Å²) in [5.74, 6) is 0.580. The Morgan fingerprint density at radius 3 is 2.55 bits per heavy atom. The second-order valence-electron chi connectivity index (χ2n) is 7.31. The molecule has 1 saturated carbocycles. The Morgan fingerprint density at radius 1 is 1.23 bits per heavy atom. The highest BCUT2D eigenvalue weighted by Crippen LogP contribution is 2.56. The average molecular weight is 302 g/mol. The molecular weight excluding hydrogens is 280 g/mol. The van der Waals surface area contributed by atoms with Crippen LogP contribution in [0.5, 0.6) is 11.5 Å². The second-order valence-corrected chi connectivity index (χ2v) is 7.31. The molecule has 0 unspecified atom stereocenters. The minimum absolute atomic E-state index is 0.00166. The van der Waals surface area contributed by atoms with Gasteiger partial charge in [-0.1, -0.05) is 20.8 Å². The zero-order valence-electron chi connectivity index (χ0n) is 13.5. The Hall–Kier alpha value is -1.84. The molecule has 118 valence electrons. The zero-order chi connectivity index (χ0) is 16.3. The van der Waals surface area contributed by atoms with Crippen molar-refractivity contribution in [1.29, 1.82) is 0 Å². The number of carbonyl (C=O) groups is 2. The minimum Gasteiger partial charge on any atom is -0.504 e. The van der Waals surface area contributed by atoms with Crippen molar-refractivity contribution in [1.82, 2.24) is 0 Å². The van der Waals surface area contributed by atoms with E-state index in [-0.39, 0.29) is 28.6 Å². The predicted molar refractivity (Wildman–Crippen MR) is 82.5 cm³/mol. The fraction of sp³-hybridized carbons (Fsp3) is 0.556. The van der Waals surface area contributed by atoms with Crippen molar-refractivity contribution in [2.45, 2.75) is 45.4 Å². The van der Waals surface area contributed by atoms with E-state index in [0.29, 0.717) is 24.2 Å². The van der Waals surface area contributed by atoms with Crippen molar-refractivity contribution in [3.05, 3.63) is 23.3 Å². The maximum Gasteiger partial charge on any atom is 0.163 e. The molecule has 3 rings (SSSR count). The van der Waals surface area contributed by atoms with Crippen LogP contribution in [0, 0.1) is 11.3 Å². The van der Waals surface area contributed by atoms with Gasteiger partial charge < -0.3 is 9.84 Å². The largest absolute Gasteiger partial charge is 0.504 e. The number of fused-ring (bicyclic) bond motifs is 3. The molecule has 0 bridgehead atoms. The molecule has 0 aliphatic heterocycles. The lowest BCUT2D eigenvalue weighted by molar-refractivity contribution is -0.136. The summed E-state index contributed by atoms with van der Waals surface area (Å²) >= 11 is 0. The lowest BCUT2D eigenvalue weighted by Gasteiger charge is -2.52. The highest BCUT2D eigenvalue weighted by Gasteiger charge is 2.55. The number of phenols is 1. The van der Waals surface area contributed by atoms with Gasteiger partial charge in [0.15, 0.2) is 17.3 Å². The predicted octanol–water partition coefficient (Wildman–Crippen LogP) is 3.25. The van der Waals surface area contributed by atoms with Crippen molar-refractivity contribution < 1.29 is 19.4 Å². The molecule has 1 N–H and O–H groups in total. The van der Waals surface area contributed by atoms with E-state index in [2.05, 4.69) is 6.92 Å². The third kappa shape index (κ3) is 1.82. The van der Waals surface area contributed by atoms with Crippen LogP contribution in [-0.4, -0.2) is 23.8 Å². The van der Waals surface area contributed by atoms with E-state index in [1.807, 2.05) is 13.8 Å². The Morgan fingerprint density at radius 2 is 1.91 bits per heavy atom. The van der Waals surface area contributed by atoms with Gasteiger partial charge in [-0.15, -0.1) is 0 Å². The van der Waals surface area contributed by atoms with Gasteiger partial charge in [-0.05, 0) is 35.4 Å². The number of hydrogen-bond acceptors (Lipinski definition) is 4. The Kier molecular flexibility index (Phi) is 3.13. The molecule has 22 heavy (non-hydrogen) atoms. The van der Waals surface area contributed by atoms with Gasteiger partial charge >= 0.3 is 0 Å². The van der Waals surface area contributed by atoms with Gasteiger partial charge in [0.25, 0.3) is 0 Å². The summed E-state index contributed by atoms with van der Waals surface area (Å²) in [5, 5.41) is 9.98. The molecule has 2 aliphatic carbocycles. The van der Waals surface area contributed by atoms with Crippen LogP contribution in [-0.2, 0) is 10.2 Å². The van der Waals surface area contributed by atoms with Crippen molar-refractivity contribution in [3.63, 3.8) is 0 Å². The van der Waals surface area contributed by atoms with Gasteiger partial charge in [-0.3, -0.25) is 9.59 Å². The maximum atomic E-state index is 12.6. The number of hydrogen-bond donors (Lipinski definition) is 1. The number of benzene rings is 1. The van der Waals surface area contributed by atoms with E-state index >= 15 is 0 Å². The second kappa shape index (κ2) is 4.58. The van der Waals surface area contributed by atoms with Crippen molar-refractivity contribution in [3.8, 4) is 11.5 Å². The molecule has 0 radical (unpaired) electrons. The van der Waals surface area contributed by atoms with Crippen LogP contribution in [0.25, 0.3) is 0 Å². The first kappa shape index (κ1) is 15.1. The fourth-order valence-corrected chi connectivity index (χ4v) is 4.39. The molecule has 0 aromatic heterocycles. The third-order valence-electron chi connectivity index (χ3n) is 5.85. The Bertz CT molecular complexity index is 674. The van der Waals surface area contributed by atoms with E-state index in [9.17, 15) is 14.7 Å². The first-order valence-electron chi connectivity index (χ1n) is 7.70. The lowest BCUT2D eigenvalue weighted by Crippen LogP contribution is -2.53. The highest BCUT2D eigenvalue weighted by molar-refractivity contribution is 6.01. The highest BCUT2D eigenvalue weighted by atomic mass is 16.5. The first-order chi connectivity index (χ1) is 10.2.